The number of thiazole rings is 1. The molecule has 1 saturated heterocycles. The molecule has 176 valence electrons. The second-order valence-electron chi connectivity index (χ2n) is 8.13. The van der Waals surface area contributed by atoms with Crippen LogP contribution in [0.2, 0.25) is 0 Å². The number of anilines is 1. The third kappa shape index (κ3) is 5.12. The lowest BCUT2D eigenvalue weighted by molar-refractivity contribution is -0.121. The SMILES string of the molecule is CN(C)CCN(C(=O)C1CCCN1S(=O)(=O)c1ccc(F)cc1)c1nc2ccc(Br)cc2s1. The fraction of sp³-hybridized carbons (Fsp3) is 0.364. The van der Waals surface area contributed by atoms with Crippen molar-refractivity contribution in [1.82, 2.24) is 14.2 Å². The van der Waals surface area contributed by atoms with Crippen LogP contribution in [0.3, 0.4) is 0 Å². The van der Waals surface area contributed by atoms with Gasteiger partial charge in [0.2, 0.25) is 15.9 Å². The first-order chi connectivity index (χ1) is 15.7. The first kappa shape index (κ1) is 24.2. The molecule has 0 N–H and O–H groups in total. The quantitative estimate of drug-likeness (QED) is 0.442. The van der Waals surface area contributed by atoms with Crippen LogP contribution in [0.1, 0.15) is 12.8 Å². The van der Waals surface area contributed by atoms with E-state index in [1.165, 1.54) is 27.8 Å². The number of nitrogens with zero attached hydrogens (tertiary/aromatic N) is 4. The van der Waals surface area contributed by atoms with Gasteiger partial charge in [0.15, 0.2) is 5.13 Å². The van der Waals surface area contributed by atoms with E-state index in [1.54, 1.807) is 4.90 Å². The van der Waals surface area contributed by atoms with Crippen molar-refractivity contribution in [1.29, 1.82) is 0 Å². The molecule has 0 aliphatic carbocycles. The maximum absolute atomic E-state index is 13.7. The molecule has 1 aliphatic rings. The zero-order valence-corrected chi connectivity index (χ0v) is 21.5. The van der Waals surface area contributed by atoms with Gasteiger partial charge in [-0.05, 0) is 69.4 Å². The van der Waals surface area contributed by atoms with Crippen LogP contribution >= 0.6 is 27.3 Å². The molecule has 1 aliphatic heterocycles. The van der Waals surface area contributed by atoms with Gasteiger partial charge in [0.05, 0.1) is 15.1 Å². The minimum Gasteiger partial charge on any atom is -0.308 e. The molecule has 33 heavy (non-hydrogen) atoms. The summed E-state index contributed by atoms with van der Waals surface area (Å²) in [6.45, 7) is 1.22. The lowest BCUT2D eigenvalue weighted by Crippen LogP contribution is -2.49. The highest BCUT2D eigenvalue weighted by Crippen LogP contribution is 2.33. The minimum atomic E-state index is -3.94. The lowest BCUT2D eigenvalue weighted by Gasteiger charge is -2.29. The molecule has 3 aromatic rings. The first-order valence-electron chi connectivity index (χ1n) is 10.5. The van der Waals surface area contributed by atoms with Crippen molar-refractivity contribution in [2.24, 2.45) is 0 Å². The Hall–Kier alpha value is -1.92. The molecule has 0 bridgehead atoms. The number of carbonyl (C=O) groups is 1. The summed E-state index contributed by atoms with van der Waals surface area (Å²) in [5, 5.41) is 0.543. The average Bonchev–Trinajstić information content (AvgIpc) is 3.41. The molecule has 0 saturated carbocycles. The molecule has 2 aromatic carbocycles. The van der Waals surface area contributed by atoms with E-state index < -0.39 is 21.9 Å². The summed E-state index contributed by atoms with van der Waals surface area (Å²) >= 11 is 4.86. The number of fused-ring (bicyclic) bond motifs is 1. The molecule has 4 rings (SSSR count). The van der Waals surface area contributed by atoms with E-state index in [0.29, 0.717) is 31.1 Å². The van der Waals surface area contributed by atoms with Crippen LogP contribution in [0.4, 0.5) is 9.52 Å². The molecule has 0 spiro atoms. The number of halogens is 2. The number of likely N-dealkylation sites (N-methyl/N-ethyl adjacent to an activating group) is 1. The molecule has 7 nitrogen and oxygen atoms in total. The van der Waals surface area contributed by atoms with Crippen LogP contribution in [-0.2, 0) is 14.8 Å². The molecule has 2 heterocycles. The third-order valence-corrected chi connectivity index (χ3v) is 8.97. The Morgan fingerprint density at radius 2 is 1.94 bits per heavy atom. The smallest absolute Gasteiger partial charge is 0.247 e. The van der Waals surface area contributed by atoms with E-state index in [1.807, 2.05) is 37.2 Å². The van der Waals surface area contributed by atoms with Crippen LogP contribution in [0.15, 0.2) is 51.8 Å². The van der Waals surface area contributed by atoms with Crippen LogP contribution in [0.5, 0.6) is 0 Å². The predicted octanol–water partition coefficient (Wildman–Crippen LogP) is 3.95. The van der Waals surface area contributed by atoms with E-state index in [-0.39, 0.29) is 17.3 Å². The molecular formula is C22H24BrFN4O3S2. The van der Waals surface area contributed by atoms with Crippen LogP contribution < -0.4 is 4.90 Å². The lowest BCUT2D eigenvalue weighted by atomic mass is 10.2. The van der Waals surface area contributed by atoms with Gasteiger partial charge < -0.3 is 4.90 Å². The summed E-state index contributed by atoms with van der Waals surface area (Å²) < 4.78 is 43.0. The Balaban J connectivity index is 1.67. The van der Waals surface area contributed by atoms with Crippen molar-refractivity contribution < 1.29 is 17.6 Å². The summed E-state index contributed by atoms with van der Waals surface area (Å²) in [4.78, 5) is 21.9. The molecular weight excluding hydrogens is 531 g/mol. The number of hydrogen-bond donors (Lipinski definition) is 0. The van der Waals surface area contributed by atoms with Crippen LogP contribution in [0.25, 0.3) is 10.2 Å². The van der Waals surface area contributed by atoms with Gasteiger partial charge in [0, 0.05) is 24.1 Å². The van der Waals surface area contributed by atoms with Gasteiger partial charge >= 0.3 is 0 Å². The molecule has 1 atom stereocenters. The number of aromatic nitrogens is 1. The Morgan fingerprint density at radius 3 is 2.64 bits per heavy atom. The number of rotatable bonds is 7. The van der Waals surface area contributed by atoms with Crippen molar-refractivity contribution in [3.8, 4) is 0 Å². The molecule has 1 aromatic heterocycles. The van der Waals surface area contributed by atoms with E-state index in [0.717, 1.165) is 26.8 Å². The van der Waals surface area contributed by atoms with Crippen molar-refractivity contribution in [2.45, 2.75) is 23.8 Å². The molecule has 1 amide bonds. The van der Waals surface area contributed by atoms with E-state index >= 15 is 0 Å². The number of amides is 1. The number of carbonyl (C=O) groups excluding carboxylic acids is 1. The second-order valence-corrected chi connectivity index (χ2v) is 11.9. The Labute approximate surface area is 205 Å². The standard InChI is InChI=1S/C22H24BrFN4O3S2/c1-26(2)12-13-27(22-25-18-10-5-15(23)14-20(18)32-22)21(29)19-4-3-11-28(19)33(30,31)17-8-6-16(24)7-9-17/h5-10,14,19H,3-4,11-13H2,1-2H3. The second kappa shape index (κ2) is 9.75. The molecule has 1 unspecified atom stereocenters. The summed E-state index contributed by atoms with van der Waals surface area (Å²) in [5.74, 6) is -0.807. The molecule has 1 fully saturated rings. The maximum Gasteiger partial charge on any atom is 0.247 e. The van der Waals surface area contributed by atoms with Gasteiger partial charge in [-0.2, -0.15) is 4.31 Å². The third-order valence-electron chi connectivity index (χ3n) is 5.52. The van der Waals surface area contributed by atoms with E-state index in [2.05, 4.69) is 20.9 Å². The Bertz CT molecular complexity index is 1260. The number of sulfonamides is 1. The highest BCUT2D eigenvalue weighted by atomic mass is 79.9. The summed E-state index contributed by atoms with van der Waals surface area (Å²) in [6.07, 6.45) is 0.999. The van der Waals surface area contributed by atoms with Gasteiger partial charge in [-0.25, -0.2) is 17.8 Å². The fourth-order valence-corrected chi connectivity index (χ4v) is 7.00. The van der Waals surface area contributed by atoms with Gasteiger partial charge in [-0.3, -0.25) is 9.69 Å². The first-order valence-corrected chi connectivity index (χ1v) is 13.5. The summed E-state index contributed by atoms with van der Waals surface area (Å²) in [6, 6.07) is 9.60. The zero-order valence-electron chi connectivity index (χ0n) is 18.2. The Kier molecular flexibility index (Phi) is 7.15. The predicted molar refractivity (Wildman–Crippen MR) is 132 cm³/mol. The average molecular weight is 555 g/mol. The number of hydrogen-bond acceptors (Lipinski definition) is 6. The normalized spacial score (nSPS) is 17.2. The van der Waals surface area contributed by atoms with Gasteiger partial charge in [0.1, 0.15) is 11.9 Å². The van der Waals surface area contributed by atoms with Crippen LogP contribution in [-0.4, -0.2) is 68.3 Å². The van der Waals surface area contributed by atoms with Gasteiger partial charge in [-0.1, -0.05) is 27.3 Å². The topological polar surface area (TPSA) is 73.8 Å². The molecule has 11 heteroatoms. The van der Waals surface area contributed by atoms with Crippen molar-refractivity contribution in [3.05, 3.63) is 52.8 Å². The largest absolute Gasteiger partial charge is 0.308 e. The zero-order chi connectivity index (χ0) is 23.8. The van der Waals surface area contributed by atoms with Crippen molar-refractivity contribution in [3.63, 3.8) is 0 Å². The van der Waals surface area contributed by atoms with Crippen LogP contribution in [0, 0.1) is 5.82 Å². The number of benzene rings is 2. The molecule has 0 radical (unpaired) electrons. The Morgan fingerprint density at radius 1 is 1.21 bits per heavy atom. The van der Waals surface area contributed by atoms with E-state index in [9.17, 15) is 17.6 Å². The van der Waals surface area contributed by atoms with Gasteiger partial charge in [0.25, 0.3) is 0 Å². The fourth-order valence-electron chi connectivity index (χ4n) is 3.80. The summed E-state index contributed by atoms with van der Waals surface area (Å²) in [7, 11) is -0.110. The highest BCUT2D eigenvalue weighted by Gasteiger charge is 2.42. The van der Waals surface area contributed by atoms with Crippen molar-refractivity contribution in [2.75, 3.05) is 38.6 Å². The van der Waals surface area contributed by atoms with Gasteiger partial charge in [-0.15, -0.1) is 0 Å². The summed E-state index contributed by atoms with van der Waals surface area (Å²) in [5.41, 5.74) is 0.781. The van der Waals surface area contributed by atoms with Crippen molar-refractivity contribution >= 4 is 58.5 Å². The maximum atomic E-state index is 13.7. The monoisotopic (exact) mass is 554 g/mol. The minimum absolute atomic E-state index is 0.0201. The highest BCUT2D eigenvalue weighted by molar-refractivity contribution is 9.10. The van der Waals surface area contributed by atoms with E-state index in [4.69, 9.17) is 0 Å².